The van der Waals surface area contributed by atoms with E-state index in [1.165, 1.54) is 18.2 Å². The highest BCUT2D eigenvalue weighted by molar-refractivity contribution is 5.59. The van der Waals surface area contributed by atoms with Gasteiger partial charge in [0, 0.05) is 30.3 Å². The van der Waals surface area contributed by atoms with Crippen molar-refractivity contribution < 1.29 is 4.92 Å². The van der Waals surface area contributed by atoms with Crippen LogP contribution in [0.4, 0.5) is 22.7 Å². The molecule has 8 heteroatoms. The molecule has 2 rings (SSSR count). The van der Waals surface area contributed by atoms with Crippen molar-refractivity contribution in [3.05, 3.63) is 57.6 Å². The Balaban J connectivity index is 2.17. The summed E-state index contributed by atoms with van der Waals surface area (Å²) in [6.45, 7) is 3.90. The van der Waals surface area contributed by atoms with Gasteiger partial charge in [0.1, 0.15) is 11.8 Å². The van der Waals surface area contributed by atoms with E-state index < -0.39 is 4.92 Å². The smallest absolute Gasteiger partial charge is 0.270 e. The van der Waals surface area contributed by atoms with Gasteiger partial charge in [-0.2, -0.15) is 15.6 Å². The molecule has 0 amide bonds. The van der Waals surface area contributed by atoms with E-state index in [0.29, 0.717) is 12.1 Å². The van der Waals surface area contributed by atoms with Crippen LogP contribution >= 0.6 is 0 Å². The van der Waals surface area contributed by atoms with Gasteiger partial charge in [-0.3, -0.25) is 10.1 Å². The topological polar surface area (TPSA) is 127 Å². The van der Waals surface area contributed by atoms with Gasteiger partial charge >= 0.3 is 0 Å². The van der Waals surface area contributed by atoms with Crippen LogP contribution in [0.1, 0.15) is 30.9 Å². The predicted molar refractivity (Wildman–Crippen MR) is 101 cm³/mol. The fraction of sp³-hybridized carbons (Fsp3) is 0.263. The summed E-state index contributed by atoms with van der Waals surface area (Å²) >= 11 is 0. The zero-order chi connectivity index (χ0) is 19.8. The number of nitrogens with one attached hydrogen (secondary N) is 1. The first-order valence-corrected chi connectivity index (χ1v) is 8.29. The van der Waals surface area contributed by atoms with Crippen molar-refractivity contribution in [3.8, 4) is 12.1 Å². The largest absolute Gasteiger partial charge is 0.383 e. The number of nitro benzene ring substituents is 1. The Bertz CT molecular complexity index is 956. The number of benzene rings is 2. The fourth-order valence-corrected chi connectivity index (χ4v) is 2.42. The minimum atomic E-state index is -0.560. The van der Waals surface area contributed by atoms with E-state index in [2.05, 4.69) is 21.6 Å². The molecular weight excluding hydrogens is 344 g/mol. The quantitative estimate of drug-likeness (QED) is 0.406. The summed E-state index contributed by atoms with van der Waals surface area (Å²) < 4.78 is 0. The summed E-state index contributed by atoms with van der Waals surface area (Å²) in [5.74, 6) is 0. The number of anilines is 1. The molecule has 0 bridgehead atoms. The molecule has 0 aromatic heterocycles. The van der Waals surface area contributed by atoms with Crippen molar-refractivity contribution in [3.63, 3.8) is 0 Å². The van der Waals surface area contributed by atoms with Gasteiger partial charge in [0.25, 0.3) is 5.69 Å². The Morgan fingerprint density at radius 1 is 1.19 bits per heavy atom. The number of aryl methyl sites for hydroxylation is 1. The van der Waals surface area contributed by atoms with Crippen LogP contribution in [0.15, 0.2) is 46.6 Å². The van der Waals surface area contributed by atoms with Crippen LogP contribution in [-0.4, -0.2) is 11.0 Å². The number of azo groups is 1. The Hall–Kier alpha value is -3.78. The molecule has 2 aromatic carbocycles. The number of rotatable bonds is 7. The number of non-ortho nitro benzene ring substituents is 1. The van der Waals surface area contributed by atoms with Crippen molar-refractivity contribution in [2.24, 2.45) is 10.2 Å². The molecule has 0 fully saturated rings. The van der Waals surface area contributed by atoms with Gasteiger partial charge in [-0.1, -0.05) is 0 Å². The lowest BCUT2D eigenvalue weighted by atomic mass is 10.1. The van der Waals surface area contributed by atoms with Crippen LogP contribution in [0.5, 0.6) is 0 Å². The predicted octanol–water partition coefficient (Wildman–Crippen LogP) is 5.29. The number of nitro groups is 1. The molecule has 0 saturated heterocycles. The second-order valence-electron chi connectivity index (χ2n) is 6.01. The minimum absolute atomic E-state index is 0.0928. The SMILES string of the molecule is Cc1cc(NC(C)CCC#N)ccc1N=Nc1ccc([N+](=O)[O-])cc1C#N. The Morgan fingerprint density at radius 2 is 1.89 bits per heavy atom. The van der Waals surface area contributed by atoms with Crippen molar-refractivity contribution in [1.82, 2.24) is 0 Å². The fourth-order valence-electron chi connectivity index (χ4n) is 2.42. The number of hydrogen-bond acceptors (Lipinski definition) is 7. The second-order valence-corrected chi connectivity index (χ2v) is 6.01. The highest BCUT2D eigenvalue weighted by Crippen LogP contribution is 2.28. The zero-order valence-electron chi connectivity index (χ0n) is 15.0. The molecule has 0 aliphatic heterocycles. The van der Waals surface area contributed by atoms with E-state index in [-0.39, 0.29) is 23.0 Å². The third kappa shape index (κ3) is 5.35. The van der Waals surface area contributed by atoms with Crippen LogP contribution in [0.25, 0.3) is 0 Å². The molecule has 0 spiro atoms. The molecule has 0 heterocycles. The molecule has 0 radical (unpaired) electrons. The van der Waals surface area contributed by atoms with Crippen molar-refractivity contribution in [2.45, 2.75) is 32.7 Å². The Labute approximate surface area is 156 Å². The molecule has 0 saturated carbocycles. The van der Waals surface area contributed by atoms with E-state index in [4.69, 9.17) is 10.5 Å². The molecule has 2 aromatic rings. The van der Waals surface area contributed by atoms with Crippen LogP contribution in [0, 0.1) is 39.7 Å². The van der Waals surface area contributed by atoms with E-state index in [1.807, 2.05) is 32.0 Å². The zero-order valence-corrected chi connectivity index (χ0v) is 15.0. The first-order chi connectivity index (χ1) is 12.9. The molecule has 8 nitrogen and oxygen atoms in total. The second kappa shape index (κ2) is 9.07. The maximum atomic E-state index is 10.8. The number of nitriles is 2. The van der Waals surface area contributed by atoms with Gasteiger partial charge in [0.05, 0.1) is 22.2 Å². The number of hydrogen-bond donors (Lipinski definition) is 1. The van der Waals surface area contributed by atoms with Gasteiger partial charge in [-0.15, -0.1) is 5.11 Å². The molecular formula is C19H18N6O2. The minimum Gasteiger partial charge on any atom is -0.383 e. The first kappa shape index (κ1) is 19.5. The van der Waals surface area contributed by atoms with E-state index in [9.17, 15) is 10.1 Å². The monoisotopic (exact) mass is 362 g/mol. The maximum absolute atomic E-state index is 10.8. The molecule has 1 N–H and O–H groups in total. The average Bonchev–Trinajstić information content (AvgIpc) is 2.65. The number of nitrogens with zero attached hydrogens (tertiary/aromatic N) is 5. The van der Waals surface area contributed by atoms with Crippen molar-refractivity contribution in [1.29, 1.82) is 10.5 Å². The third-order valence-corrected chi connectivity index (χ3v) is 3.88. The summed E-state index contributed by atoms with van der Waals surface area (Å²) in [5.41, 5.74) is 2.64. The molecule has 136 valence electrons. The van der Waals surface area contributed by atoms with Crippen molar-refractivity contribution >= 4 is 22.7 Å². The van der Waals surface area contributed by atoms with Crippen LogP contribution in [0.3, 0.4) is 0 Å². The van der Waals surface area contributed by atoms with E-state index in [1.54, 1.807) is 6.07 Å². The summed E-state index contributed by atoms with van der Waals surface area (Å²) in [4.78, 5) is 10.2. The van der Waals surface area contributed by atoms with Crippen LogP contribution in [0.2, 0.25) is 0 Å². The van der Waals surface area contributed by atoms with Gasteiger partial charge in [0.2, 0.25) is 0 Å². The lowest BCUT2D eigenvalue weighted by Gasteiger charge is -2.14. The highest BCUT2D eigenvalue weighted by Gasteiger charge is 2.10. The van der Waals surface area contributed by atoms with Gasteiger partial charge in [-0.05, 0) is 50.1 Å². The van der Waals surface area contributed by atoms with E-state index in [0.717, 1.165) is 17.7 Å². The van der Waals surface area contributed by atoms with Gasteiger partial charge < -0.3 is 5.32 Å². The molecule has 27 heavy (non-hydrogen) atoms. The Kier molecular flexibility index (Phi) is 6.56. The normalized spacial score (nSPS) is 11.6. The van der Waals surface area contributed by atoms with Crippen molar-refractivity contribution in [2.75, 3.05) is 5.32 Å². The standard InChI is InChI=1S/C19H18N6O2/c1-13-10-16(22-14(2)4-3-9-20)5-7-18(13)23-24-19-8-6-17(25(26)27)11-15(19)12-21/h5-8,10-11,14,22H,3-4H2,1-2H3. The summed E-state index contributed by atoms with van der Waals surface area (Å²) in [7, 11) is 0. The first-order valence-electron chi connectivity index (χ1n) is 8.29. The summed E-state index contributed by atoms with van der Waals surface area (Å²) in [5, 5.41) is 40.1. The third-order valence-electron chi connectivity index (χ3n) is 3.88. The molecule has 0 aliphatic rings. The molecule has 0 aliphatic carbocycles. The lowest BCUT2D eigenvalue weighted by Crippen LogP contribution is -2.14. The summed E-state index contributed by atoms with van der Waals surface area (Å²) in [6, 6.07) is 13.7. The lowest BCUT2D eigenvalue weighted by molar-refractivity contribution is -0.384. The highest BCUT2D eigenvalue weighted by atomic mass is 16.6. The van der Waals surface area contributed by atoms with Crippen LogP contribution < -0.4 is 5.32 Å². The van der Waals surface area contributed by atoms with Gasteiger partial charge in [-0.25, -0.2) is 0 Å². The maximum Gasteiger partial charge on any atom is 0.270 e. The average molecular weight is 362 g/mol. The van der Waals surface area contributed by atoms with Crippen LogP contribution in [-0.2, 0) is 0 Å². The van der Waals surface area contributed by atoms with E-state index >= 15 is 0 Å². The summed E-state index contributed by atoms with van der Waals surface area (Å²) in [6.07, 6.45) is 1.25. The molecule has 1 unspecified atom stereocenters. The van der Waals surface area contributed by atoms with Gasteiger partial charge in [0.15, 0.2) is 0 Å². The Morgan fingerprint density at radius 3 is 2.52 bits per heavy atom. The molecule has 1 atom stereocenters.